The Morgan fingerprint density at radius 3 is 2.88 bits per heavy atom. The molecule has 0 spiro atoms. The molecule has 2 N–H and O–H groups in total. The Hall–Kier alpha value is -1.13. The van der Waals surface area contributed by atoms with E-state index in [-0.39, 0.29) is 6.04 Å². The molecule has 0 heterocycles. The van der Waals surface area contributed by atoms with Gasteiger partial charge in [-0.1, -0.05) is 33.6 Å². The number of benzene rings is 1. The van der Waals surface area contributed by atoms with E-state index >= 15 is 0 Å². The molecule has 0 aliphatic carbocycles. The van der Waals surface area contributed by atoms with Gasteiger partial charge in [0, 0.05) is 23.1 Å². The van der Waals surface area contributed by atoms with E-state index in [9.17, 15) is 4.79 Å². The van der Waals surface area contributed by atoms with E-state index < -0.39 is 5.97 Å². The predicted octanol–water partition coefficient (Wildman–Crippen LogP) is 3.13. The summed E-state index contributed by atoms with van der Waals surface area (Å²) in [6.07, 6.45) is 1.22. The van der Waals surface area contributed by atoms with Gasteiger partial charge in [-0.2, -0.15) is 0 Å². The minimum atomic E-state index is -0.903. The summed E-state index contributed by atoms with van der Waals surface area (Å²) in [6.45, 7) is 4.42. The van der Waals surface area contributed by atoms with Crippen LogP contribution in [0.3, 0.4) is 0 Å². The fourth-order valence-electron chi connectivity index (χ4n) is 1.47. The number of carbonyl (C=O) groups is 1. The van der Waals surface area contributed by atoms with Crippen LogP contribution in [0.4, 0.5) is 0 Å². The van der Waals surface area contributed by atoms with Gasteiger partial charge < -0.3 is 10.4 Å². The summed E-state index contributed by atoms with van der Waals surface area (Å²) < 4.78 is 1.04. The molecule has 92 valence electrons. The zero-order chi connectivity index (χ0) is 12.8. The molecule has 0 saturated carbocycles. The second kappa shape index (κ2) is 6.57. The van der Waals surface area contributed by atoms with Crippen molar-refractivity contribution < 1.29 is 9.90 Å². The highest BCUT2D eigenvalue weighted by Gasteiger charge is 2.05. The topological polar surface area (TPSA) is 49.3 Å². The van der Waals surface area contributed by atoms with Crippen molar-refractivity contribution in [3.05, 3.63) is 46.0 Å². The van der Waals surface area contributed by atoms with Crippen LogP contribution < -0.4 is 5.32 Å². The summed E-state index contributed by atoms with van der Waals surface area (Å²) in [7, 11) is 0. The lowest BCUT2D eigenvalue weighted by molar-refractivity contribution is -0.131. The maximum Gasteiger partial charge on any atom is 0.328 e. The van der Waals surface area contributed by atoms with E-state index in [1.165, 1.54) is 11.6 Å². The minimum Gasteiger partial charge on any atom is -0.478 e. The van der Waals surface area contributed by atoms with E-state index in [4.69, 9.17) is 5.11 Å². The molecule has 0 aromatic heterocycles. The van der Waals surface area contributed by atoms with Crippen LogP contribution >= 0.6 is 15.9 Å². The van der Waals surface area contributed by atoms with E-state index in [0.29, 0.717) is 6.54 Å². The first-order valence-corrected chi connectivity index (χ1v) is 6.17. The van der Waals surface area contributed by atoms with Gasteiger partial charge in [0.15, 0.2) is 0 Å². The summed E-state index contributed by atoms with van der Waals surface area (Å²) in [4.78, 5) is 10.5. The second-order valence-electron chi connectivity index (χ2n) is 3.99. The van der Waals surface area contributed by atoms with Crippen molar-refractivity contribution in [1.29, 1.82) is 0 Å². The molecule has 0 fully saturated rings. The lowest BCUT2D eigenvalue weighted by Crippen LogP contribution is -2.20. The molecule has 1 atom stereocenters. The fourth-order valence-corrected chi connectivity index (χ4v) is 1.89. The summed E-state index contributed by atoms with van der Waals surface area (Å²) >= 11 is 3.43. The summed E-state index contributed by atoms with van der Waals surface area (Å²) in [5.41, 5.74) is 1.97. The van der Waals surface area contributed by atoms with Crippen molar-refractivity contribution in [3.63, 3.8) is 0 Å². The molecule has 3 nitrogen and oxygen atoms in total. The molecule has 0 radical (unpaired) electrons. The van der Waals surface area contributed by atoms with Crippen LogP contribution in [0.5, 0.6) is 0 Å². The van der Waals surface area contributed by atoms with Crippen LogP contribution in [0.25, 0.3) is 0 Å². The van der Waals surface area contributed by atoms with Crippen molar-refractivity contribution in [3.8, 4) is 0 Å². The molecule has 4 heteroatoms. The minimum absolute atomic E-state index is 0.185. The van der Waals surface area contributed by atoms with Crippen LogP contribution in [0.1, 0.15) is 25.5 Å². The largest absolute Gasteiger partial charge is 0.478 e. The number of hydrogen-bond acceptors (Lipinski definition) is 2. The zero-order valence-corrected chi connectivity index (χ0v) is 11.5. The molecule has 0 aliphatic heterocycles. The molecule has 0 aliphatic rings. The van der Waals surface area contributed by atoms with Crippen molar-refractivity contribution in [2.45, 2.75) is 19.9 Å². The van der Waals surface area contributed by atoms with Crippen LogP contribution in [0.15, 0.2) is 40.4 Å². The number of hydrogen-bond donors (Lipinski definition) is 2. The Labute approximate surface area is 110 Å². The van der Waals surface area contributed by atoms with Crippen molar-refractivity contribution in [2.24, 2.45) is 0 Å². The number of nitrogens with one attached hydrogen (secondary N) is 1. The van der Waals surface area contributed by atoms with E-state index in [0.717, 1.165) is 10.0 Å². The van der Waals surface area contributed by atoms with E-state index in [1.54, 1.807) is 6.92 Å². The third-order valence-electron chi connectivity index (χ3n) is 2.41. The average Bonchev–Trinajstić information content (AvgIpc) is 2.25. The standard InChI is InChI=1S/C13H16BrNO2/c1-9(6-13(16)17)8-15-10(2)11-4-3-5-12(14)7-11/h3-7,10,15H,8H2,1-2H3,(H,16,17)/b9-6+. The fraction of sp³-hybridized carbons (Fsp3) is 0.308. The Balaban J connectivity index is 2.56. The van der Waals surface area contributed by atoms with E-state index in [1.807, 2.05) is 24.3 Å². The normalized spacial score (nSPS) is 13.5. The Kier molecular flexibility index (Phi) is 5.38. The van der Waals surface area contributed by atoms with Gasteiger partial charge in [-0.3, -0.25) is 0 Å². The number of aliphatic carboxylic acids is 1. The van der Waals surface area contributed by atoms with Gasteiger partial charge >= 0.3 is 5.97 Å². The van der Waals surface area contributed by atoms with Crippen LogP contribution in [0, 0.1) is 0 Å². The lowest BCUT2D eigenvalue weighted by atomic mass is 10.1. The third kappa shape index (κ3) is 5.15. The van der Waals surface area contributed by atoms with Gasteiger partial charge in [0.05, 0.1) is 0 Å². The smallest absolute Gasteiger partial charge is 0.328 e. The molecule has 1 unspecified atom stereocenters. The maximum absolute atomic E-state index is 10.5. The molecule has 1 aromatic carbocycles. The van der Waals surface area contributed by atoms with E-state index in [2.05, 4.69) is 28.2 Å². The number of carboxylic acid groups (broad SMARTS) is 1. The predicted molar refractivity (Wildman–Crippen MR) is 72.0 cm³/mol. The third-order valence-corrected chi connectivity index (χ3v) is 2.90. The molecular weight excluding hydrogens is 282 g/mol. The van der Waals surface area contributed by atoms with Crippen molar-refractivity contribution in [2.75, 3.05) is 6.54 Å². The van der Waals surface area contributed by atoms with Gasteiger partial charge in [0.2, 0.25) is 0 Å². The summed E-state index contributed by atoms with van der Waals surface area (Å²) in [5.74, 6) is -0.903. The van der Waals surface area contributed by atoms with Gasteiger partial charge in [0.25, 0.3) is 0 Å². The first-order valence-electron chi connectivity index (χ1n) is 5.38. The van der Waals surface area contributed by atoms with Gasteiger partial charge in [0.1, 0.15) is 0 Å². The monoisotopic (exact) mass is 297 g/mol. The van der Waals surface area contributed by atoms with Gasteiger partial charge in [-0.15, -0.1) is 0 Å². The average molecular weight is 298 g/mol. The quantitative estimate of drug-likeness (QED) is 0.821. The molecule has 0 amide bonds. The van der Waals surface area contributed by atoms with Gasteiger partial charge in [-0.25, -0.2) is 4.79 Å². The van der Waals surface area contributed by atoms with Crippen LogP contribution in [-0.4, -0.2) is 17.6 Å². The van der Waals surface area contributed by atoms with Crippen LogP contribution in [0.2, 0.25) is 0 Å². The number of rotatable bonds is 5. The SMILES string of the molecule is C/C(=C\C(=O)O)CNC(C)c1cccc(Br)c1. The maximum atomic E-state index is 10.5. The molecule has 0 bridgehead atoms. The highest BCUT2D eigenvalue weighted by Crippen LogP contribution is 2.17. The number of halogens is 1. The molecule has 1 aromatic rings. The molecule has 17 heavy (non-hydrogen) atoms. The van der Waals surface area contributed by atoms with Crippen LogP contribution in [-0.2, 0) is 4.79 Å². The summed E-state index contributed by atoms with van der Waals surface area (Å²) in [6, 6.07) is 8.24. The summed E-state index contributed by atoms with van der Waals surface area (Å²) in [5, 5.41) is 11.9. The number of carboxylic acids is 1. The molecule has 1 rings (SSSR count). The first-order chi connectivity index (χ1) is 7.99. The Bertz CT molecular complexity index is 429. The molecular formula is C13H16BrNO2. The van der Waals surface area contributed by atoms with Gasteiger partial charge in [-0.05, 0) is 31.5 Å². The Morgan fingerprint density at radius 1 is 1.59 bits per heavy atom. The highest BCUT2D eigenvalue weighted by atomic mass is 79.9. The highest BCUT2D eigenvalue weighted by molar-refractivity contribution is 9.10. The zero-order valence-electron chi connectivity index (χ0n) is 9.90. The lowest BCUT2D eigenvalue weighted by Gasteiger charge is -2.14. The van der Waals surface area contributed by atoms with Crippen molar-refractivity contribution >= 4 is 21.9 Å². The molecule has 0 saturated heterocycles. The second-order valence-corrected chi connectivity index (χ2v) is 4.90. The Morgan fingerprint density at radius 2 is 2.29 bits per heavy atom. The first kappa shape index (κ1) is 13.9. The van der Waals surface area contributed by atoms with Crippen molar-refractivity contribution in [1.82, 2.24) is 5.32 Å².